The molecule has 0 saturated heterocycles. The zero-order valence-electron chi connectivity index (χ0n) is 7.21. The fraction of sp³-hybridized carbons (Fsp3) is 0.200. The molecule has 0 amide bonds. The first-order valence-corrected chi connectivity index (χ1v) is 3.83. The van der Waals surface area contributed by atoms with Crippen LogP contribution in [-0.2, 0) is 6.42 Å². The van der Waals surface area contributed by atoms with Gasteiger partial charge in [0.2, 0.25) is 0 Å². The van der Waals surface area contributed by atoms with Crippen LogP contribution in [0.2, 0.25) is 0 Å². The second-order valence-corrected chi connectivity index (χ2v) is 2.76. The molecule has 12 heavy (non-hydrogen) atoms. The van der Waals surface area contributed by atoms with Crippen molar-refractivity contribution >= 4 is 5.76 Å². The molecule has 0 unspecified atom stereocenters. The minimum Gasteiger partial charge on any atom is -0.872 e. The average molecular weight is 152 g/mol. The monoisotopic (exact) mass is 152 g/mol. The Morgan fingerprint density at radius 3 is 2.67 bits per heavy atom. The second kappa shape index (κ2) is 3.85. The summed E-state index contributed by atoms with van der Waals surface area (Å²) >= 11 is 0. The Morgan fingerprint density at radius 1 is 1.17 bits per heavy atom. The summed E-state index contributed by atoms with van der Waals surface area (Å²) in [5.74, 6) is 0.187. The smallest absolute Gasteiger partial charge is 0.872 e. The third-order valence-electron chi connectivity index (χ3n) is 2.03. The number of hydrogen-bond donors (Lipinski definition) is 0. The maximum atomic E-state index is 11.2. The largest absolute Gasteiger partial charge is 1.00 e. The molecule has 0 atom stereocenters. The van der Waals surface area contributed by atoms with E-state index in [0.29, 0.717) is 0 Å². The van der Waals surface area contributed by atoms with Crippen LogP contribution < -0.4 is 24.0 Å². The van der Waals surface area contributed by atoms with Gasteiger partial charge in [0.1, 0.15) is 0 Å². The number of hydrogen-bond acceptors (Lipinski definition) is 1. The standard InChI is InChI=1S/C10H10O.Li/c11-10-7-3-5-8-4-1-2-6-9(8)10;/h1-2,4,6-7,11H,3,5H2;/q;+1/p-1. The topological polar surface area (TPSA) is 23.1 Å². The molecule has 0 radical (unpaired) electrons. The van der Waals surface area contributed by atoms with Crippen LogP contribution in [0.25, 0.3) is 5.76 Å². The maximum absolute atomic E-state index is 11.2. The van der Waals surface area contributed by atoms with E-state index in [0.717, 1.165) is 18.4 Å². The fourth-order valence-electron chi connectivity index (χ4n) is 1.45. The maximum Gasteiger partial charge on any atom is 1.00 e. The molecule has 0 N–H and O–H groups in total. The molecule has 56 valence electrons. The summed E-state index contributed by atoms with van der Waals surface area (Å²) in [6.07, 6.45) is 3.68. The van der Waals surface area contributed by atoms with Crippen LogP contribution in [0.3, 0.4) is 0 Å². The van der Waals surface area contributed by atoms with Crippen LogP contribution in [0.5, 0.6) is 0 Å². The molecule has 1 nitrogen and oxygen atoms in total. The van der Waals surface area contributed by atoms with Crippen molar-refractivity contribution in [2.45, 2.75) is 12.8 Å². The van der Waals surface area contributed by atoms with E-state index < -0.39 is 0 Å². The molecule has 0 heterocycles. The summed E-state index contributed by atoms with van der Waals surface area (Å²) in [4.78, 5) is 0. The van der Waals surface area contributed by atoms with Gasteiger partial charge in [0.25, 0.3) is 0 Å². The van der Waals surface area contributed by atoms with Gasteiger partial charge in [0, 0.05) is 0 Å². The molecule has 1 aromatic rings. The first-order valence-electron chi connectivity index (χ1n) is 3.83. The Labute approximate surface area is 84.3 Å². The van der Waals surface area contributed by atoms with E-state index in [2.05, 4.69) is 0 Å². The van der Waals surface area contributed by atoms with Gasteiger partial charge in [-0.1, -0.05) is 30.3 Å². The molecule has 0 bridgehead atoms. The van der Waals surface area contributed by atoms with Crippen molar-refractivity contribution in [1.82, 2.24) is 0 Å². The summed E-state index contributed by atoms with van der Waals surface area (Å²) in [6.45, 7) is 0. The number of benzene rings is 1. The van der Waals surface area contributed by atoms with Crippen molar-refractivity contribution in [1.29, 1.82) is 0 Å². The molecule has 0 saturated carbocycles. The van der Waals surface area contributed by atoms with Crippen LogP contribution in [0, 0.1) is 0 Å². The molecule has 1 aromatic carbocycles. The zero-order chi connectivity index (χ0) is 7.68. The van der Waals surface area contributed by atoms with Crippen LogP contribution >= 0.6 is 0 Å². The number of aryl methyl sites for hydroxylation is 1. The molecule has 0 aliphatic heterocycles. The number of allylic oxidation sites excluding steroid dienone is 1. The minimum atomic E-state index is 0. The molecule has 0 fully saturated rings. The van der Waals surface area contributed by atoms with Gasteiger partial charge in [-0.3, -0.25) is 0 Å². The Balaban J connectivity index is 0.000000720. The van der Waals surface area contributed by atoms with Crippen molar-refractivity contribution in [3.8, 4) is 0 Å². The Morgan fingerprint density at radius 2 is 1.92 bits per heavy atom. The SMILES string of the molecule is [Li+].[O-]C1=CCCc2ccccc21. The molecule has 1 aliphatic carbocycles. The normalized spacial score (nSPS) is 14.2. The number of rotatable bonds is 0. The van der Waals surface area contributed by atoms with Gasteiger partial charge in [-0.15, -0.1) is 5.76 Å². The predicted octanol–water partition coefficient (Wildman–Crippen LogP) is -1.66. The summed E-state index contributed by atoms with van der Waals surface area (Å²) < 4.78 is 0. The van der Waals surface area contributed by atoms with Gasteiger partial charge >= 0.3 is 18.9 Å². The van der Waals surface area contributed by atoms with Crippen LogP contribution in [0.1, 0.15) is 17.5 Å². The predicted molar refractivity (Wildman–Crippen MR) is 42.7 cm³/mol. The average Bonchev–Trinajstić information content (AvgIpc) is 2.06. The van der Waals surface area contributed by atoms with Crippen molar-refractivity contribution in [2.75, 3.05) is 0 Å². The van der Waals surface area contributed by atoms with E-state index in [4.69, 9.17) is 0 Å². The van der Waals surface area contributed by atoms with E-state index in [1.165, 1.54) is 5.56 Å². The molecule has 0 aromatic heterocycles. The first kappa shape index (κ1) is 9.45. The number of fused-ring (bicyclic) bond motifs is 1. The van der Waals surface area contributed by atoms with Gasteiger partial charge in [-0.25, -0.2) is 0 Å². The molecular formula is C10H9LiO. The van der Waals surface area contributed by atoms with E-state index >= 15 is 0 Å². The first-order chi connectivity index (χ1) is 5.38. The van der Waals surface area contributed by atoms with Crippen molar-refractivity contribution < 1.29 is 24.0 Å². The Hall–Kier alpha value is -0.643. The van der Waals surface area contributed by atoms with Crippen molar-refractivity contribution in [3.05, 3.63) is 41.5 Å². The van der Waals surface area contributed by atoms with Gasteiger partial charge in [-0.05, 0) is 24.0 Å². The van der Waals surface area contributed by atoms with E-state index in [9.17, 15) is 5.11 Å². The van der Waals surface area contributed by atoms with E-state index in [1.54, 1.807) is 6.08 Å². The van der Waals surface area contributed by atoms with Crippen molar-refractivity contribution in [2.24, 2.45) is 0 Å². The van der Waals surface area contributed by atoms with Crippen LogP contribution in [-0.4, -0.2) is 0 Å². The Kier molecular flexibility index (Phi) is 3.03. The zero-order valence-corrected chi connectivity index (χ0v) is 7.21. The molecular weight excluding hydrogens is 143 g/mol. The minimum absolute atomic E-state index is 0. The fourth-order valence-corrected chi connectivity index (χ4v) is 1.45. The van der Waals surface area contributed by atoms with Gasteiger partial charge in [0.05, 0.1) is 0 Å². The Bertz CT molecular complexity index is 304. The van der Waals surface area contributed by atoms with Crippen molar-refractivity contribution in [3.63, 3.8) is 0 Å². The van der Waals surface area contributed by atoms with Gasteiger partial charge in [0.15, 0.2) is 0 Å². The van der Waals surface area contributed by atoms with Gasteiger partial charge in [-0.2, -0.15) is 0 Å². The summed E-state index contributed by atoms with van der Waals surface area (Å²) in [7, 11) is 0. The molecule has 2 heteroatoms. The second-order valence-electron chi connectivity index (χ2n) is 2.76. The summed E-state index contributed by atoms with van der Waals surface area (Å²) in [5.41, 5.74) is 2.08. The molecule has 0 spiro atoms. The van der Waals surface area contributed by atoms with E-state index in [-0.39, 0.29) is 24.6 Å². The van der Waals surface area contributed by atoms with Gasteiger partial charge < -0.3 is 5.11 Å². The van der Waals surface area contributed by atoms with Crippen LogP contribution in [0.4, 0.5) is 0 Å². The quantitative estimate of drug-likeness (QED) is 0.408. The third-order valence-corrected chi connectivity index (χ3v) is 2.03. The summed E-state index contributed by atoms with van der Waals surface area (Å²) in [6, 6.07) is 7.82. The third kappa shape index (κ3) is 1.58. The van der Waals surface area contributed by atoms with Crippen LogP contribution in [0.15, 0.2) is 30.3 Å². The molecule has 2 rings (SSSR count). The van der Waals surface area contributed by atoms with E-state index in [1.807, 2.05) is 24.3 Å². The summed E-state index contributed by atoms with van der Waals surface area (Å²) in [5, 5.41) is 11.2. The molecule has 1 aliphatic rings.